The summed E-state index contributed by atoms with van der Waals surface area (Å²) in [5.74, 6) is 0. The highest BCUT2D eigenvalue weighted by Crippen LogP contribution is 2.11. The first-order valence-electron chi connectivity index (χ1n) is 5.80. The molecule has 1 atom stereocenters. The topological polar surface area (TPSA) is 91.3 Å². The van der Waals surface area contributed by atoms with Gasteiger partial charge in [0.05, 0.1) is 4.90 Å². The highest BCUT2D eigenvalue weighted by atomic mass is 32.2. The van der Waals surface area contributed by atoms with Gasteiger partial charge in [0, 0.05) is 24.6 Å². The molecule has 0 saturated carbocycles. The third-order valence-corrected chi connectivity index (χ3v) is 3.17. The highest BCUT2D eigenvalue weighted by molar-refractivity contribution is 7.79. The summed E-state index contributed by atoms with van der Waals surface area (Å²) in [6.45, 7) is 0.373. The summed E-state index contributed by atoms with van der Waals surface area (Å²) in [4.78, 5) is 15.9. The molecule has 0 radical (unpaired) electrons. The van der Waals surface area contributed by atoms with Crippen LogP contribution >= 0.6 is 0 Å². The molecular formula is C13H13N3O3S. The first-order valence-corrected chi connectivity index (χ1v) is 6.90. The van der Waals surface area contributed by atoms with Gasteiger partial charge in [0.1, 0.15) is 0 Å². The van der Waals surface area contributed by atoms with Gasteiger partial charge < -0.3 is 15.2 Å². The number of urea groups is 1. The molecule has 0 aliphatic heterocycles. The van der Waals surface area contributed by atoms with Gasteiger partial charge in [-0.15, -0.1) is 0 Å². The Balaban J connectivity index is 1.86. The summed E-state index contributed by atoms with van der Waals surface area (Å²) in [5.41, 5.74) is 1.44. The number of benzene rings is 1. The van der Waals surface area contributed by atoms with Crippen LogP contribution in [0.3, 0.4) is 0 Å². The summed E-state index contributed by atoms with van der Waals surface area (Å²) < 4.78 is 19.7. The Hall–Kier alpha value is -2.25. The maximum atomic E-state index is 11.7. The van der Waals surface area contributed by atoms with E-state index in [2.05, 4.69) is 15.6 Å². The minimum atomic E-state index is -2.01. The molecule has 6 nitrogen and oxygen atoms in total. The number of nitrogens with zero attached hydrogens (tertiary/aromatic N) is 1. The number of carbonyl (C=O) groups is 1. The number of aromatic nitrogens is 1. The van der Waals surface area contributed by atoms with E-state index in [4.69, 9.17) is 4.55 Å². The van der Waals surface area contributed by atoms with E-state index in [0.717, 1.165) is 5.56 Å². The van der Waals surface area contributed by atoms with Crippen molar-refractivity contribution in [3.8, 4) is 0 Å². The SMILES string of the molecule is O=C(NCc1cccnc1)Nc1ccc(S(=O)O)cc1. The second-order valence-corrected chi connectivity index (χ2v) is 4.91. The second-order valence-electron chi connectivity index (χ2n) is 3.94. The van der Waals surface area contributed by atoms with Crippen LogP contribution in [0.15, 0.2) is 53.7 Å². The summed E-state index contributed by atoms with van der Waals surface area (Å²) in [6, 6.07) is 9.38. The third kappa shape index (κ3) is 4.15. The number of pyridine rings is 1. The van der Waals surface area contributed by atoms with Gasteiger partial charge in [-0.1, -0.05) is 6.07 Å². The summed E-state index contributed by atoms with van der Waals surface area (Å²) in [6.07, 6.45) is 3.34. The van der Waals surface area contributed by atoms with E-state index in [0.29, 0.717) is 12.2 Å². The lowest BCUT2D eigenvalue weighted by atomic mass is 10.3. The van der Waals surface area contributed by atoms with Crippen molar-refractivity contribution in [2.75, 3.05) is 5.32 Å². The fourth-order valence-electron chi connectivity index (χ4n) is 1.52. The molecule has 0 saturated heterocycles. The molecule has 0 bridgehead atoms. The van der Waals surface area contributed by atoms with Crippen molar-refractivity contribution < 1.29 is 13.6 Å². The number of nitrogens with one attached hydrogen (secondary N) is 2. The van der Waals surface area contributed by atoms with Gasteiger partial charge in [-0.05, 0) is 35.9 Å². The highest BCUT2D eigenvalue weighted by Gasteiger charge is 2.03. The lowest BCUT2D eigenvalue weighted by Gasteiger charge is -2.07. The molecule has 1 heterocycles. The molecule has 20 heavy (non-hydrogen) atoms. The predicted molar refractivity (Wildman–Crippen MR) is 75.6 cm³/mol. The average Bonchev–Trinajstić information content (AvgIpc) is 2.47. The summed E-state index contributed by atoms with van der Waals surface area (Å²) in [7, 11) is 0. The molecule has 2 aromatic rings. The van der Waals surface area contributed by atoms with Gasteiger partial charge in [-0.25, -0.2) is 9.00 Å². The van der Waals surface area contributed by atoms with E-state index in [1.54, 1.807) is 30.6 Å². The zero-order chi connectivity index (χ0) is 14.4. The number of carbonyl (C=O) groups excluding carboxylic acids is 1. The number of anilines is 1. The summed E-state index contributed by atoms with van der Waals surface area (Å²) >= 11 is -2.01. The molecule has 0 fully saturated rings. The van der Waals surface area contributed by atoms with Crippen molar-refractivity contribution in [3.63, 3.8) is 0 Å². The van der Waals surface area contributed by atoms with Gasteiger partial charge >= 0.3 is 6.03 Å². The molecule has 0 aliphatic rings. The second kappa shape index (κ2) is 6.78. The minimum absolute atomic E-state index is 0.284. The van der Waals surface area contributed by atoms with Gasteiger partial charge in [-0.3, -0.25) is 4.98 Å². The zero-order valence-corrected chi connectivity index (χ0v) is 11.3. The third-order valence-electron chi connectivity index (χ3n) is 2.49. The maximum Gasteiger partial charge on any atom is 0.319 e. The molecule has 0 aliphatic carbocycles. The Kier molecular flexibility index (Phi) is 4.80. The van der Waals surface area contributed by atoms with E-state index in [-0.39, 0.29) is 10.9 Å². The van der Waals surface area contributed by atoms with Crippen LogP contribution in [0, 0.1) is 0 Å². The van der Waals surface area contributed by atoms with Crippen molar-refractivity contribution in [3.05, 3.63) is 54.4 Å². The molecule has 1 unspecified atom stereocenters. The Labute approximate surface area is 118 Å². The van der Waals surface area contributed by atoms with Crippen LogP contribution in [0.5, 0.6) is 0 Å². The van der Waals surface area contributed by atoms with Crippen LogP contribution in [0.2, 0.25) is 0 Å². The molecule has 2 amide bonds. The number of hydrogen-bond donors (Lipinski definition) is 3. The molecular weight excluding hydrogens is 278 g/mol. The lowest BCUT2D eigenvalue weighted by Crippen LogP contribution is -2.28. The lowest BCUT2D eigenvalue weighted by molar-refractivity contribution is 0.251. The molecule has 0 spiro atoms. The quantitative estimate of drug-likeness (QED) is 0.751. The normalized spacial score (nSPS) is 11.7. The van der Waals surface area contributed by atoms with Gasteiger partial charge in [0.2, 0.25) is 0 Å². The van der Waals surface area contributed by atoms with E-state index in [9.17, 15) is 9.00 Å². The predicted octanol–water partition coefficient (Wildman–Crippen LogP) is 1.98. The van der Waals surface area contributed by atoms with Crippen LogP contribution in [-0.4, -0.2) is 19.8 Å². The van der Waals surface area contributed by atoms with Crippen molar-refractivity contribution in [1.82, 2.24) is 10.3 Å². The molecule has 1 aromatic heterocycles. The van der Waals surface area contributed by atoms with Gasteiger partial charge in [0.25, 0.3) is 0 Å². The van der Waals surface area contributed by atoms with E-state index in [1.165, 1.54) is 12.1 Å². The maximum absolute atomic E-state index is 11.7. The van der Waals surface area contributed by atoms with Crippen LogP contribution < -0.4 is 10.6 Å². The van der Waals surface area contributed by atoms with Crippen molar-refractivity contribution >= 4 is 22.8 Å². The van der Waals surface area contributed by atoms with Crippen molar-refractivity contribution in [2.24, 2.45) is 0 Å². The molecule has 1 aromatic carbocycles. The Bertz CT molecular complexity index is 602. The van der Waals surface area contributed by atoms with Crippen LogP contribution in [0.4, 0.5) is 10.5 Å². The molecule has 3 N–H and O–H groups in total. The first-order chi connectivity index (χ1) is 9.65. The Morgan fingerprint density at radius 2 is 2.00 bits per heavy atom. The van der Waals surface area contributed by atoms with E-state index >= 15 is 0 Å². The Morgan fingerprint density at radius 3 is 2.60 bits per heavy atom. The summed E-state index contributed by atoms with van der Waals surface area (Å²) in [5, 5.41) is 5.31. The van der Waals surface area contributed by atoms with Crippen LogP contribution in [0.25, 0.3) is 0 Å². The van der Waals surface area contributed by atoms with Crippen LogP contribution in [0.1, 0.15) is 5.56 Å². The van der Waals surface area contributed by atoms with Gasteiger partial charge in [-0.2, -0.15) is 0 Å². The van der Waals surface area contributed by atoms with Crippen molar-refractivity contribution in [2.45, 2.75) is 11.4 Å². The van der Waals surface area contributed by atoms with E-state index < -0.39 is 11.1 Å². The molecule has 104 valence electrons. The standard InChI is InChI=1S/C13H13N3O3S/c17-13(15-9-10-2-1-7-14-8-10)16-11-3-5-12(6-4-11)20(18)19/h1-8H,9H2,(H,18,19)(H2,15,16,17). The fraction of sp³-hybridized carbons (Fsp3) is 0.0769. The smallest absolute Gasteiger partial charge is 0.319 e. The van der Waals surface area contributed by atoms with Crippen LogP contribution in [-0.2, 0) is 17.6 Å². The molecule has 2 rings (SSSR count). The van der Waals surface area contributed by atoms with Gasteiger partial charge in [0.15, 0.2) is 11.1 Å². The number of rotatable bonds is 4. The zero-order valence-electron chi connectivity index (χ0n) is 10.4. The monoisotopic (exact) mass is 291 g/mol. The number of hydrogen-bond acceptors (Lipinski definition) is 3. The number of amides is 2. The Morgan fingerprint density at radius 1 is 1.25 bits per heavy atom. The molecule has 7 heteroatoms. The first kappa shape index (κ1) is 14.2. The fourth-order valence-corrected chi connectivity index (χ4v) is 1.88. The van der Waals surface area contributed by atoms with E-state index in [1.807, 2.05) is 6.07 Å². The minimum Gasteiger partial charge on any atom is -0.334 e. The van der Waals surface area contributed by atoms with Crippen molar-refractivity contribution in [1.29, 1.82) is 0 Å². The average molecular weight is 291 g/mol. The largest absolute Gasteiger partial charge is 0.334 e.